The van der Waals surface area contributed by atoms with Gasteiger partial charge in [-0.15, -0.1) is 0 Å². The first-order chi connectivity index (χ1) is 18.9. The lowest BCUT2D eigenvalue weighted by atomic mass is 10.0. The molecule has 1 aliphatic rings. The molecule has 2 aromatic carbocycles. The van der Waals surface area contributed by atoms with Gasteiger partial charge in [-0.25, -0.2) is 13.8 Å². The first kappa shape index (κ1) is 29.1. The van der Waals surface area contributed by atoms with Gasteiger partial charge < -0.3 is 14.9 Å². The molecule has 0 aliphatic carbocycles. The van der Waals surface area contributed by atoms with Gasteiger partial charge in [0.25, 0.3) is 5.56 Å². The number of halogens is 3. The van der Waals surface area contributed by atoms with E-state index in [-0.39, 0.29) is 61.6 Å². The smallest absolute Gasteiger partial charge is 0.276 e. The SMILES string of the molecule is CC(C)(O)CC(=O)N1CN(C(=O)CCO)c2cc(Cn3cnc(OCc4ccc(F)cc4F)c(Cl)c3=O)ccc21. The van der Waals surface area contributed by atoms with E-state index in [0.29, 0.717) is 23.0 Å². The fourth-order valence-electron chi connectivity index (χ4n) is 4.17. The molecule has 40 heavy (non-hydrogen) atoms. The number of nitrogens with zero attached hydrogens (tertiary/aromatic N) is 4. The third kappa shape index (κ3) is 6.46. The maximum absolute atomic E-state index is 13.9. The predicted octanol–water partition coefficient (Wildman–Crippen LogP) is 2.98. The topological polar surface area (TPSA) is 125 Å². The van der Waals surface area contributed by atoms with Crippen molar-refractivity contribution in [1.29, 1.82) is 0 Å². The normalized spacial score (nSPS) is 13.0. The predicted molar refractivity (Wildman–Crippen MR) is 142 cm³/mol. The fraction of sp³-hybridized carbons (Fsp3) is 0.333. The molecule has 1 aromatic heterocycles. The molecule has 1 aliphatic heterocycles. The monoisotopic (exact) mass is 576 g/mol. The number of carbonyl (C=O) groups excluding carboxylic acids is 2. The summed E-state index contributed by atoms with van der Waals surface area (Å²) in [5.41, 5.74) is -0.396. The van der Waals surface area contributed by atoms with Crippen LogP contribution in [-0.2, 0) is 22.7 Å². The van der Waals surface area contributed by atoms with Gasteiger partial charge in [-0.05, 0) is 43.7 Å². The van der Waals surface area contributed by atoms with Crippen LogP contribution in [0.5, 0.6) is 5.88 Å². The number of aliphatic hydroxyl groups is 2. The summed E-state index contributed by atoms with van der Waals surface area (Å²) < 4.78 is 33.6. The van der Waals surface area contributed by atoms with Crippen LogP contribution in [0.15, 0.2) is 47.5 Å². The molecule has 2 N–H and O–H groups in total. The number of aliphatic hydroxyl groups excluding tert-OH is 1. The lowest BCUT2D eigenvalue weighted by Crippen LogP contribution is -2.41. The number of aromatic nitrogens is 2. The number of rotatable bonds is 9. The summed E-state index contributed by atoms with van der Waals surface area (Å²) in [6.07, 6.45) is 0.878. The van der Waals surface area contributed by atoms with Crippen LogP contribution >= 0.6 is 11.6 Å². The number of hydrogen-bond acceptors (Lipinski definition) is 7. The zero-order valence-corrected chi connectivity index (χ0v) is 22.5. The number of fused-ring (bicyclic) bond motifs is 1. The van der Waals surface area contributed by atoms with Crippen molar-refractivity contribution < 1.29 is 33.3 Å². The van der Waals surface area contributed by atoms with Crippen molar-refractivity contribution in [2.24, 2.45) is 0 Å². The van der Waals surface area contributed by atoms with E-state index in [2.05, 4.69) is 4.98 Å². The highest BCUT2D eigenvalue weighted by Gasteiger charge is 2.35. The molecule has 0 bridgehead atoms. The number of hydrogen-bond donors (Lipinski definition) is 2. The van der Waals surface area contributed by atoms with Crippen LogP contribution in [-0.4, -0.2) is 50.5 Å². The molecular formula is C27H27ClF2N4O6. The average molecular weight is 577 g/mol. The second-order valence-corrected chi connectivity index (χ2v) is 10.3. The van der Waals surface area contributed by atoms with Crippen LogP contribution in [0.3, 0.4) is 0 Å². The first-order valence-corrected chi connectivity index (χ1v) is 12.6. The van der Waals surface area contributed by atoms with Crippen molar-refractivity contribution >= 4 is 34.8 Å². The second kappa shape index (κ2) is 11.7. The Morgan fingerprint density at radius 3 is 2.50 bits per heavy atom. The molecule has 2 heterocycles. The van der Waals surface area contributed by atoms with Crippen molar-refractivity contribution in [2.75, 3.05) is 23.1 Å². The van der Waals surface area contributed by atoms with E-state index < -0.39 is 28.7 Å². The quantitative estimate of drug-likeness (QED) is 0.401. The molecule has 0 saturated heterocycles. The summed E-state index contributed by atoms with van der Waals surface area (Å²) in [5.74, 6) is -2.55. The summed E-state index contributed by atoms with van der Waals surface area (Å²) in [4.78, 5) is 45.3. The van der Waals surface area contributed by atoms with Gasteiger partial charge in [0.15, 0.2) is 5.02 Å². The van der Waals surface area contributed by atoms with E-state index in [0.717, 1.165) is 6.07 Å². The minimum Gasteiger partial charge on any atom is -0.471 e. The van der Waals surface area contributed by atoms with E-state index in [1.165, 1.54) is 40.6 Å². The van der Waals surface area contributed by atoms with Crippen LogP contribution in [0.2, 0.25) is 5.02 Å². The van der Waals surface area contributed by atoms with Crippen molar-refractivity contribution in [3.05, 3.63) is 80.9 Å². The highest BCUT2D eigenvalue weighted by molar-refractivity contribution is 6.31. The van der Waals surface area contributed by atoms with Gasteiger partial charge in [0.1, 0.15) is 31.2 Å². The fourth-order valence-corrected chi connectivity index (χ4v) is 4.38. The Morgan fingerprint density at radius 2 is 1.82 bits per heavy atom. The van der Waals surface area contributed by atoms with Gasteiger partial charge in [0, 0.05) is 11.6 Å². The maximum Gasteiger partial charge on any atom is 0.276 e. The average Bonchev–Trinajstić information content (AvgIpc) is 3.26. The van der Waals surface area contributed by atoms with Crippen molar-refractivity contribution in [2.45, 2.75) is 45.4 Å². The van der Waals surface area contributed by atoms with Gasteiger partial charge >= 0.3 is 0 Å². The van der Waals surface area contributed by atoms with Crippen LogP contribution in [0.1, 0.15) is 37.8 Å². The second-order valence-electron chi connectivity index (χ2n) is 9.89. The molecule has 3 aromatic rings. The van der Waals surface area contributed by atoms with E-state index in [1.807, 2.05) is 0 Å². The van der Waals surface area contributed by atoms with Crippen LogP contribution < -0.4 is 20.1 Å². The zero-order valence-electron chi connectivity index (χ0n) is 21.7. The molecule has 0 atom stereocenters. The molecule has 0 fully saturated rings. The van der Waals surface area contributed by atoms with Gasteiger partial charge in [-0.1, -0.05) is 17.7 Å². The molecule has 10 nitrogen and oxygen atoms in total. The van der Waals surface area contributed by atoms with Gasteiger partial charge in [-0.3, -0.25) is 28.8 Å². The summed E-state index contributed by atoms with van der Waals surface area (Å²) in [6.45, 7) is 2.24. The molecule has 0 saturated carbocycles. The largest absolute Gasteiger partial charge is 0.471 e. The van der Waals surface area contributed by atoms with Crippen LogP contribution in [0.4, 0.5) is 20.2 Å². The first-order valence-electron chi connectivity index (χ1n) is 12.3. The highest BCUT2D eigenvalue weighted by atomic mass is 35.5. The minimum absolute atomic E-state index is 0.00531. The Hall–Kier alpha value is -3.87. The molecule has 4 rings (SSSR count). The standard InChI is InChI=1S/C27H27ClF2N4O6/c1-27(2,39)11-23(37)33-15-34(22(36)7-8-35)21-9-16(3-6-20(21)33)12-32-14-31-25(24(28)26(32)38)40-13-17-4-5-18(29)10-19(17)30/h3-6,9-10,14,35,39H,7-8,11-13,15H2,1-2H3. The summed E-state index contributed by atoms with van der Waals surface area (Å²) in [6, 6.07) is 7.95. The number of ether oxygens (including phenoxy) is 1. The van der Waals surface area contributed by atoms with Gasteiger partial charge in [0.2, 0.25) is 17.7 Å². The lowest BCUT2D eigenvalue weighted by Gasteiger charge is -2.23. The van der Waals surface area contributed by atoms with Crippen molar-refractivity contribution in [1.82, 2.24) is 9.55 Å². The van der Waals surface area contributed by atoms with Crippen LogP contribution in [0, 0.1) is 11.6 Å². The van der Waals surface area contributed by atoms with E-state index in [1.54, 1.807) is 18.2 Å². The Balaban J connectivity index is 1.57. The molecule has 212 valence electrons. The Morgan fingerprint density at radius 1 is 1.10 bits per heavy atom. The van der Waals surface area contributed by atoms with E-state index in [4.69, 9.17) is 16.3 Å². The highest BCUT2D eigenvalue weighted by Crippen LogP contribution is 2.38. The maximum atomic E-state index is 13.9. The molecule has 13 heteroatoms. The molecule has 0 radical (unpaired) electrons. The molecule has 0 spiro atoms. The number of carbonyl (C=O) groups is 2. The third-order valence-electron chi connectivity index (χ3n) is 6.10. The molecule has 2 amide bonds. The Bertz CT molecular complexity index is 1510. The zero-order chi connectivity index (χ0) is 29.2. The number of amides is 2. The van der Waals surface area contributed by atoms with Crippen molar-refractivity contribution in [3.8, 4) is 5.88 Å². The van der Waals surface area contributed by atoms with E-state index in [9.17, 15) is 33.4 Å². The Kier molecular flexibility index (Phi) is 8.52. The van der Waals surface area contributed by atoms with Crippen LogP contribution in [0.25, 0.3) is 0 Å². The summed E-state index contributed by atoms with van der Waals surface area (Å²) >= 11 is 6.18. The summed E-state index contributed by atoms with van der Waals surface area (Å²) in [5, 5.41) is 19.0. The van der Waals surface area contributed by atoms with Gasteiger partial charge in [-0.2, -0.15) is 0 Å². The summed E-state index contributed by atoms with van der Waals surface area (Å²) in [7, 11) is 0. The van der Waals surface area contributed by atoms with E-state index >= 15 is 0 Å². The lowest BCUT2D eigenvalue weighted by molar-refractivity contribution is -0.122. The minimum atomic E-state index is -1.25. The van der Waals surface area contributed by atoms with Gasteiger partial charge in [0.05, 0.1) is 43.0 Å². The number of benzene rings is 2. The number of anilines is 2. The molecular weight excluding hydrogens is 550 g/mol. The van der Waals surface area contributed by atoms with Crippen molar-refractivity contribution in [3.63, 3.8) is 0 Å². The Labute approximate surface area is 233 Å². The molecule has 0 unspecified atom stereocenters. The third-order valence-corrected chi connectivity index (χ3v) is 6.42.